The van der Waals surface area contributed by atoms with E-state index in [1.807, 2.05) is 0 Å². The standard InChI is InChI=1S/C15H19F2NO2/c1-19-11-6-7-13(20-15(16)17)12(8-11)18-14(9-2-3-9)10-4-5-10/h6-10,14-15,18H,2-5H2,1H3. The minimum absolute atomic E-state index is 0.187. The number of anilines is 1. The minimum atomic E-state index is -2.82. The third-order valence-electron chi connectivity index (χ3n) is 3.98. The second-order valence-electron chi connectivity index (χ2n) is 5.59. The van der Waals surface area contributed by atoms with Gasteiger partial charge in [-0.25, -0.2) is 0 Å². The molecule has 1 aromatic rings. The molecule has 3 nitrogen and oxygen atoms in total. The fraction of sp³-hybridized carbons (Fsp3) is 0.600. The van der Waals surface area contributed by atoms with Crippen LogP contribution in [0.2, 0.25) is 0 Å². The van der Waals surface area contributed by atoms with Crippen molar-refractivity contribution in [3.05, 3.63) is 18.2 Å². The van der Waals surface area contributed by atoms with Crippen molar-refractivity contribution in [3.8, 4) is 11.5 Å². The molecule has 110 valence electrons. The van der Waals surface area contributed by atoms with E-state index < -0.39 is 6.61 Å². The second-order valence-corrected chi connectivity index (χ2v) is 5.59. The highest BCUT2D eigenvalue weighted by atomic mass is 19.3. The molecule has 2 fully saturated rings. The van der Waals surface area contributed by atoms with Gasteiger partial charge in [0.05, 0.1) is 12.8 Å². The second kappa shape index (κ2) is 5.46. The Hall–Kier alpha value is -1.52. The predicted octanol–water partition coefficient (Wildman–Crippen LogP) is 3.90. The van der Waals surface area contributed by atoms with E-state index in [0.29, 0.717) is 29.3 Å². The summed E-state index contributed by atoms with van der Waals surface area (Å²) in [7, 11) is 1.56. The van der Waals surface area contributed by atoms with Gasteiger partial charge in [-0.15, -0.1) is 0 Å². The van der Waals surface area contributed by atoms with E-state index in [1.54, 1.807) is 19.2 Å². The summed E-state index contributed by atoms with van der Waals surface area (Å²) < 4.78 is 34.7. The summed E-state index contributed by atoms with van der Waals surface area (Å²) in [6, 6.07) is 5.27. The van der Waals surface area contributed by atoms with E-state index in [2.05, 4.69) is 10.1 Å². The zero-order valence-corrected chi connectivity index (χ0v) is 11.4. The lowest BCUT2D eigenvalue weighted by Crippen LogP contribution is -2.24. The molecule has 20 heavy (non-hydrogen) atoms. The summed E-state index contributed by atoms with van der Waals surface area (Å²) in [5.41, 5.74) is 0.605. The Morgan fingerprint density at radius 2 is 1.80 bits per heavy atom. The Kier molecular flexibility index (Phi) is 3.68. The smallest absolute Gasteiger partial charge is 0.387 e. The first-order valence-electron chi connectivity index (χ1n) is 7.07. The number of alkyl halides is 2. The molecule has 0 amide bonds. The number of halogens is 2. The largest absolute Gasteiger partial charge is 0.497 e. The van der Waals surface area contributed by atoms with Gasteiger partial charge in [0.15, 0.2) is 0 Å². The van der Waals surface area contributed by atoms with Crippen LogP contribution in [0.15, 0.2) is 18.2 Å². The van der Waals surface area contributed by atoms with Gasteiger partial charge >= 0.3 is 6.61 Å². The summed E-state index contributed by atoms with van der Waals surface area (Å²) in [4.78, 5) is 0. The molecule has 2 aliphatic rings. The maximum Gasteiger partial charge on any atom is 0.387 e. The highest BCUT2D eigenvalue weighted by Crippen LogP contribution is 2.47. The van der Waals surface area contributed by atoms with Crippen molar-refractivity contribution < 1.29 is 18.3 Å². The number of ether oxygens (including phenoxy) is 2. The van der Waals surface area contributed by atoms with Crippen LogP contribution in [0.1, 0.15) is 25.7 Å². The van der Waals surface area contributed by atoms with Gasteiger partial charge in [0, 0.05) is 12.1 Å². The number of hydrogen-bond acceptors (Lipinski definition) is 3. The van der Waals surface area contributed by atoms with Crippen LogP contribution < -0.4 is 14.8 Å². The van der Waals surface area contributed by atoms with Crippen LogP contribution in [0.3, 0.4) is 0 Å². The molecule has 1 aromatic carbocycles. The molecule has 2 aliphatic carbocycles. The number of benzene rings is 1. The molecule has 5 heteroatoms. The SMILES string of the molecule is COc1ccc(OC(F)F)c(NC(C2CC2)C2CC2)c1. The van der Waals surface area contributed by atoms with Crippen molar-refractivity contribution in [2.24, 2.45) is 11.8 Å². The van der Waals surface area contributed by atoms with Crippen LogP contribution in [-0.2, 0) is 0 Å². The van der Waals surface area contributed by atoms with E-state index in [-0.39, 0.29) is 5.75 Å². The highest BCUT2D eigenvalue weighted by Gasteiger charge is 2.41. The molecular weight excluding hydrogens is 264 g/mol. The van der Waals surface area contributed by atoms with Gasteiger partial charge in [0.1, 0.15) is 11.5 Å². The van der Waals surface area contributed by atoms with E-state index in [4.69, 9.17) is 4.74 Å². The molecule has 0 aliphatic heterocycles. The van der Waals surface area contributed by atoms with E-state index in [1.165, 1.54) is 31.7 Å². The topological polar surface area (TPSA) is 30.5 Å². The minimum Gasteiger partial charge on any atom is -0.497 e. The van der Waals surface area contributed by atoms with Crippen molar-refractivity contribution in [3.63, 3.8) is 0 Å². The van der Waals surface area contributed by atoms with Crippen LogP contribution in [-0.4, -0.2) is 19.8 Å². The van der Waals surface area contributed by atoms with Gasteiger partial charge in [-0.2, -0.15) is 8.78 Å². The Labute approximate surface area is 117 Å². The third kappa shape index (κ3) is 3.14. The lowest BCUT2D eigenvalue weighted by molar-refractivity contribution is -0.0494. The molecule has 1 N–H and O–H groups in total. The average molecular weight is 283 g/mol. The normalized spacial score (nSPS) is 18.4. The van der Waals surface area contributed by atoms with Crippen molar-refractivity contribution in [2.45, 2.75) is 38.3 Å². The lowest BCUT2D eigenvalue weighted by Gasteiger charge is -2.21. The van der Waals surface area contributed by atoms with Gasteiger partial charge < -0.3 is 14.8 Å². The number of hydrogen-bond donors (Lipinski definition) is 1. The fourth-order valence-electron chi connectivity index (χ4n) is 2.66. The fourth-order valence-corrected chi connectivity index (χ4v) is 2.66. The van der Waals surface area contributed by atoms with Crippen molar-refractivity contribution in [2.75, 3.05) is 12.4 Å². The van der Waals surface area contributed by atoms with Crippen LogP contribution >= 0.6 is 0 Å². The molecule has 0 spiro atoms. The van der Waals surface area contributed by atoms with Gasteiger partial charge in [0.25, 0.3) is 0 Å². The molecule has 0 saturated heterocycles. The summed E-state index contributed by atoms with van der Waals surface area (Å²) >= 11 is 0. The highest BCUT2D eigenvalue weighted by molar-refractivity contribution is 5.60. The molecule has 0 bridgehead atoms. The Balaban J connectivity index is 1.80. The first-order chi connectivity index (χ1) is 9.67. The van der Waals surface area contributed by atoms with E-state index >= 15 is 0 Å². The summed E-state index contributed by atoms with van der Waals surface area (Å²) in [6.07, 6.45) is 4.90. The molecular formula is C15H19F2NO2. The van der Waals surface area contributed by atoms with Gasteiger partial charge in [0.2, 0.25) is 0 Å². The first kappa shape index (κ1) is 13.5. The van der Waals surface area contributed by atoms with Crippen LogP contribution in [0.4, 0.5) is 14.5 Å². The van der Waals surface area contributed by atoms with Gasteiger partial charge in [-0.05, 0) is 49.7 Å². The molecule has 2 saturated carbocycles. The maximum absolute atomic E-state index is 12.5. The molecule has 0 heterocycles. The van der Waals surface area contributed by atoms with Crippen LogP contribution in [0, 0.1) is 11.8 Å². The first-order valence-corrected chi connectivity index (χ1v) is 7.07. The maximum atomic E-state index is 12.5. The monoisotopic (exact) mass is 283 g/mol. The Morgan fingerprint density at radius 1 is 1.15 bits per heavy atom. The summed E-state index contributed by atoms with van der Waals surface area (Å²) in [6.45, 7) is -2.82. The predicted molar refractivity (Wildman–Crippen MR) is 72.5 cm³/mol. The molecule has 0 radical (unpaired) electrons. The number of methoxy groups -OCH3 is 1. The zero-order chi connectivity index (χ0) is 14.1. The summed E-state index contributed by atoms with van der Waals surface area (Å²) in [5.74, 6) is 2.17. The third-order valence-corrected chi connectivity index (χ3v) is 3.98. The Morgan fingerprint density at radius 3 is 2.30 bits per heavy atom. The summed E-state index contributed by atoms with van der Waals surface area (Å²) in [5, 5.41) is 3.41. The van der Waals surface area contributed by atoms with Crippen LogP contribution in [0.5, 0.6) is 11.5 Å². The lowest BCUT2D eigenvalue weighted by atomic mass is 10.1. The molecule has 3 rings (SSSR count). The zero-order valence-electron chi connectivity index (χ0n) is 11.4. The molecule has 0 unspecified atom stereocenters. The quantitative estimate of drug-likeness (QED) is 0.823. The van der Waals surface area contributed by atoms with E-state index in [9.17, 15) is 8.78 Å². The molecule has 0 aromatic heterocycles. The van der Waals surface area contributed by atoms with E-state index in [0.717, 1.165) is 0 Å². The average Bonchev–Trinajstić information content (AvgIpc) is 3.27. The Bertz CT molecular complexity index is 461. The molecule has 0 atom stereocenters. The number of nitrogens with one attached hydrogen (secondary N) is 1. The van der Waals surface area contributed by atoms with Crippen molar-refractivity contribution in [1.29, 1.82) is 0 Å². The van der Waals surface area contributed by atoms with Crippen molar-refractivity contribution >= 4 is 5.69 Å². The van der Waals surface area contributed by atoms with Crippen LogP contribution in [0.25, 0.3) is 0 Å². The van der Waals surface area contributed by atoms with Gasteiger partial charge in [-0.3, -0.25) is 0 Å². The van der Waals surface area contributed by atoms with Gasteiger partial charge in [-0.1, -0.05) is 0 Å². The van der Waals surface area contributed by atoms with Crippen molar-refractivity contribution in [1.82, 2.24) is 0 Å². The number of rotatable bonds is 7.